The maximum atomic E-state index is 12.8. The number of ether oxygens (including phenoxy) is 1. The third-order valence-corrected chi connectivity index (χ3v) is 3.64. The Bertz CT molecular complexity index is 667. The van der Waals surface area contributed by atoms with Crippen LogP contribution in [0.15, 0.2) is 24.3 Å². The van der Waals surface area contributed by atoms with Gasteiger partial charge in [0.2, 0.25) is 0 Å². The van der Waals surface area contributed by atoms with E-state index in [-0.39, 0.29) is 6.61 Å². The predicted octanol–water partition coefficient (Wildman–Crippen LogP) is 3.02. The number of aryl methyl sites for hydroxylation is 1. The van der Waals surface area contributed by atoms with Crippen LogP contribution in [0.4, 0.5) is 9.52 Å². The van der Waals surface area contributed by atoms with Crippen LogP contribution in [-0.2, 0) is 4.74 Å². The molecule has 0 fully saturated rings. The number of thiazole rings is 1. The average molecular weight is 308 g/mol. The van der Waals surface area contributed by atoms with Crippen LogP contribution in [0.1, 0.15) is 32.6 Å². The largest absolute Gasteiger partial charge is 0.462 e. The number of nitrogens with one attached hydrogen (secondary N) is 1. The molecule has 0 aliphatic heterocycles. The van der Waals surface area contributed by atoms with Crippen molar-refractivity contribution in [2.45, 2.75) is 13.8 Å². The second-order valence-corrected chi connectivity index (χ2v) is 5.11. The van der Waals surface area contributed by atoms with Crippen LogP contribution in [0.5, 0.6) is 0 Å². The number of anilines is 1. The number of hydrogen-bond acceptors (Lipinski definition) is 5. The Morgan fingerprint density at radius 2 is 2.00 bits per heavy atom. The first-order valence-corrected chi connectivity index (χ1v) is 7.04. The second-order valence-electron chi connectivity index (χ2n) is 4.12. The van der Waals surface area contributed by atoms with Gasteiger partial charge in [0.25, 0.3) is 5.91 Å². The van der Waals surface area contributed by atoms with Gasteiger partial charge in [-0.3, -0.25) is 10.1 Å². The quantitative estimate of drug-likeness (QED) is 0.882. The van der Waals surface area contributed by atoms with Gasteiger partial charge in [-0.05, 0) is 38.1 Å². The third kappa shape index (κ3) is 3.63. The molecule has 0 aliphatic rings. The minimum absolute atomic E-state index is 0.271. The van der Waals surface area contributed by atoms with Crippen molar-refractivity contribution >= 4 is 28.3 Å². The maximum Gasteiger partial charge on any atom is 0.350 e. The van der Waals surface area contributed by atoms with Crippen LogP contribution in [-0.4, -0.2) is 23.5 Å². The summed E-state index contributed by atoms with van der Waals surface area (Å²) >= 11 is 1.04. The van der Waals surface area contributed by atoms with Crippen LogP contribution >= 0.6 is 11.3 Å². The average Bonchev–Trinajstić information content (AvgIpc) is 2.80. The van der Waals surface area contributed by atoms with Crippen molar-refractivity contribution in [1.82, 2.24) is 4.98 Å². The molecule has 0 aliphatic carbocycles. The van der Waals surface area contributed by atoms with Crippen molar-refractivity contribution in [2.75, 3.05) is 11.9 Å². The monoisotopic (exact) mass is 308 g/mol. The predicted molar refractivity (Wildman–Crippen MR) is 77.2 cm³/mol. The molecule has 1 aromatic heterocycles. The molecule has 1 amide bonds. The van der Waals surface area contributed by atoms with E-state index in [1.54, 1.807) is 13.8 Å². The van der Waals surface area contributed by atoms with Gasteiger partial charge in [-0.25, -0.2) is 14.2 Å². The number of halogens is 1. The number of hydrogen-bond donors (Lipinski definition) is 1. The lowest BCUT2D eigenvalue weighted by molar-refractivity contribution is 0.0531. The van der Waals surface area contributed by atoms with Crippen molar-refractivity contribution < 1.29 is 18.7 Å². The highest BCUT2D eigenvalue weighted by Gasteiger charge is 2.17. The van der Waals surface area contributed by atoms with E-state index in [9.17, 15) is 14.0 Å². The molecule has 0 bridgehead atoms. The summed E-state index contributed by atoms with van der Waals surface area (Å²) in [5, 5.41) is 2.87. The van der Waals surface area contributed by atoms with E-state index in [1.165, 1.54) is 24.3 Å². The Balaban J connectivity index is 2.13. The lowest BCUT2D eigenvalue weighted by Gasteiger charge is -2.01. The van der Waals surface area contributed by atoms with Gasteiger partial charge in [-0.2, -0.15) is 0 Å². The molecule has 21 heavy (non-hydrogen) atoms. The van der Waals surface area contributed by atoms with Crippen molar-refractivity contribution in [3.63, 3.8) is 0 Å². The molecule has 0 unspecified atom stereocenters. The smallest absolute Gasteiger partial charge is 0.350 e. The molecule has 2 rings (SSSR count). The fourth-order valence-corrected chi connectivity index (χ4v) is 2.46. The standard InChI is InChI=1S/C14H13FN2O3S/c1-3-20-13(19)11-8(2)16-14(21-11)17-12(18)9-4-6-10(15)7-5-9/h4-7H,3H2,1-2H3,(H,16,17,18). The summed E-state index contributed by atoms with van der Waals surface area (Å²) in [5.74, 6) is -1.30. The number of carbonyl (C=O) groups is 2. The fraction of sp³-hybridized carbons (Fsp3) is 0.214. The number of nitrogens with zero attached hydrogens (tertiary/aromatic N) is 1. The van der Waals surface area contributed by atoms with E-state index in [1.807, 2.05) is 0 Å². The molecular formula is C14H13FN2O3S. The van der Waals surface area contributed by atoms with E-state index < -0.39 is 17.7 Å². The zero-order chi connectivity index (χ0) is 15.4. The molecule has 0 spiro atoms. The van der Waals surface area contributed by atoms with Crippen LogP contribution in [0.3, 0.4) is 0 Å². The Labute approximate surface area is 124 Å². The van der Waals surface area contributed by atoms with E-state index >= 15 is 0 Å². The van der Waals surface area contributed by atoms with Crippen molar-refractivity contribution in [1.29, 1.82) is 0 Å². The van der Waals surface area contributed by atoms with Gasteiger partial charge in [-0.15, -0.1) is 0 Å². The lowest BCUT2D eigenvalue weighted by Crippen LogP contribution is -2.11. The Hall–Kier alpha value is -2.28. The summed E-state index contributed by atoms with van der Waals surface area (Å²) in [7, 11) is 0. The zero-order valence-electron chi connectivity index (χ0n) is 11.5. The first-order chi connectivity index (χ1) is 10.0. The molecule has 110 valence electrons. The summed E-state index contributed by atoms with van der Waals surface area (Å²) < 4.78 is 17.7. The highest BCUT2D eigenvalue weighted by Crippen LogP contribution is 2.23. The van der Waals surface area contributed by atoms with Crippen molar-refractivity contribution in [3.05, 3.63) is 46.2 Å². The number of carbonyl (C=O) groups excluding carboxylic acids is 2. The highest BCUT2D eigenvalue weighted by atomic mass is 32.1. The minimum atomic E-state index is -0.463. The van der Waals surface area contributed by atoms with Gasteiger partial charge < -0.3 is 4.74 Å². The molecule has 1 heterocycles. The molecule has 2 aromatic rings. The normalized spacial score (nSPS) is 10.2. The number of benzene rings is 1. The molecule has 0 atom stereocenters. The van der Waals surface area contributed by atoms with E-state index in [0.717, 1.165) is 11.3 Å². The molecule has 0 saturated carbocycles. The molecule has 7 heteroatoms. The first-order valence-electron chi connectivity index (χ1n) is 6.22. The number of esters is 1. The summed E-state index contributed by atoms with van der Waals surface area (Å²) in [5.41, 5.74) is 0.801. The first kappa shape index (κ1) is 15.1. The molecule has 0 saturated heterocycles. The van der Waals surface area contributed by atoms with Gasteiger partial charge in [0, 0.05) is 5.56 Å². The summed E-state index contributed by atoms with van der Waals surface area (Å²) in [6.45, 7) is 3.65. The summed E-state index contributed by atoms with van der Waals surface area (Å²) in [6, 6.07) is 5.15. The van der Waals surface area contributed by atoms with Gasteiger partial charge in [0.05, 0.1) is 12.3 Å². The Morgan fingerprint density at radius 1 is 1.33 bits per heavy atom. The van der Waals surface area contributed by atoms with E-state index in [0.29, 0.717) is 21.3 Å². The van der Waals surface area contributed by atoms with Gasteiger partial charge in [-0.1, -0.05) is 11.3 Å². The molecular weight excluding hydrogens is 295 g/mol. The van der Waals surface area contributed by atoms with Crippen molar-refractivity contribution in [2.24, 2.45) is 0 Å². The lowest BCUT2D eigenvalue weighted by atomic mass is 10.2. The SMILES string of the molecule is CCOC(=O)c1sc(NC(=O)c2ccc(F)cc2)nc1C. The highest BCUT2D eigenvalue weighted by molar-refractivity contribution is 7.17. The van der Waals surface area contributed by atoms with Crippen LogP contribution in [0, 0.1) is 12.7 Å². The van der Waals surface area contributed by atoms with E-state index in [4.69, 9.17) is 4.74 Å². The minimum Gasteiger partial charge on any atom is -0.462 e. The van der Waals surface area contributed by atoms with Crippen molar-refractivity contribution in [3.8, 4) is 0 Å². The van der Waals surface area contributed by atoms with E-state index in [2.05, 4.69) is 10.3 Å². The molecule has 1 aromatic carbocycles. The van der Waals surface area contributed by atoms with Crippen LogP contribution in [0.2, 0.25) is 0 Å². The summed E-state index contributed by atoms with van der Waals surface area (Å²) in [4.78, 5) is 28.1. The van der Waals surface area contributed by atoms with Gasteiger partial charge >= 0.3 is 5.97 Å². The number of amides is 1. The Kier molecular flexibility index (Phi) is 4.64. The zero-order valence-corrected chi connectivity index (χ0v) is 12.3. The topological polar surface area (TPSA) is 68.3 Å². The maximum absolute atomic E-state index is 12.8. The molecule has 0 radical (unpaired) electrons. The Morgan fingerprint density at radius 3 is 2.62 bits per heavy atom. The number of rotatable bonds is 4. The third-order valence-electron chi connectivity index (χ3n) is 2.58. The second kappa shape index (κ2) is 6.45. The van der Waals surface area contributed by atoms with Crippen LogP contribution < -0.4 is 5.32 Å². The van der Waals surface area contributed by atoms with Gasteiger partial charge in [0.1, 0.15) is 10.7 Å². The number of aromatic nitrogens is 1. The summed E-state index contributed by atoms with van der Waals surface area (Å²) in [6.07, 6.45) is 0. The molecule has 5 nitrogen and oxygen atoms in total. The molecule has 1 N–H and O–H groups in total. The fourth-order valence-electron chi connectivity index (χ4n) is 1.61. The van der Waals surface area contributed by atoms with Crippen LogP contribution in [0.25, 0.3) is 0 Å². The van der Waals surface area contributed by atoms with Gasteiger partial charge in [0.15, 0.2) is 5.13 Å².